The van der Waals surface area contributed by atoms with E-state index in [-0.39, 0.29) is 31.1 Å². The van der Waals surface area contributed by atoms with E-state index in [1.165, 1.54) is 173 Å². The summed E-state index contributed by atoms with van der Waals surface area (Å²) in [5.74, 6) is -0.878. The Morgan fingerprint density at radius 2 is 0.487 bits per heavy atom. The molecule has 0 amide bonds. The molecular formula is C74H128O6. The van der Waals surface area contributed by atoms with Crippen LogP contribution in [0.4, 0.5) is 0 Å². The fourth-order valence-corrected chi connectivity index (χ4v) is 9.71. The molecule has 0 radical (unpaired) electrons. The molecule has 0 heterocycles. The monoisotopic (exact) mass is 1110 g/mol. The molecule has 460 valence electrons. The number of esters is 3. The Labute approximate surface area is 496 Å². The van der Waals surface area contributed by atoms with Crippen LogP contribution in [0.2, 0.25) is 0 Å². The summed E-state index contributed by atoms with van der Waals surface area (Å²) in [5.41, 5.74) is 0. The number of hydrogen-bond acceptors (Lipinski definition) is 6. The lowest BCUT2D eigenvalue weighted by Crippen LogP contribution is -2.30. The van der Waals surface area contributed by atoms with Crippen LogP contribution in [0.3, 0.4) is 0 Å². The van der Waals surface area contributed by atoms with Crippen molar-refractivity contribution in [2.75, 3.05) is 13.2 Å². The van der Waals surface area contributed by atoms with Gasteiger partial charge >= 0.3 is 17.9 Å². The molecule has 0 aromatic heterocycles. The summed E-state index contributed by atoms with van der Waals surface area (Å²) >= 11 is 0. The highest BCUT2D eigenvalue weighted by Crippen LogP contribution is 2.17. The maximum absolute atomic E-state index is 12.9. The van der Waals surface area contributed by atoms with Crippen LogP contribution in [0.25, 0.3) is 0 Å². The number of carbonyl (C=O) groups excluding carboxylic acids is 3. The average Bonchev–Trinajstić information content (AvgIpc) is 3.46. The van der Waals surface area contributed by atoms with Crippen molar-refractivity contribution in [3.8, 4) is 0 Å². The van der Waals surface area contributed by atoms with Crippen molar-refractivity contribution in [1.82, 2.24) is 0 Å². The standard InChI is InChI=1S/C74H128O6/c1-4-7-10-13-16-19-22-25-28-30-31-32-33-34-35-36-37-38-39-40-41-42-43-44-47-49-52-55-58-61-64-67-73(76)79-70-71(69-78-72(75)66-63-60-57-54-51-48-45-27-24-21-18-15-12-9-6-3)80-74(77)68-65-62-59-56-53-50-46-29-26-23-20-17-14-11-8-5-2/h7,10,16,19,25,28-29,31-32,34-35,37-38,40-41,46,71H,4-6,8-9,11-15,17-18,20-24,26-27,30,33,36,39,42-45,47-70H2,1-3H3/b10-7-,19-16-,28-25-,32-31-,35-34-,38-37-,41-40-,46-29-. The molecule has 0 saturated heterocycles. The largest absolute Gasteiger partial charge is 0.462 e. The van der Waals surface area contributed by atoms with Gasteiger partial charge in [0.05, 0.1) is 0 Å². The highest BCUT2D eigenvalue weighted by molar-refractivity contribution is 5.71. The number of rotatable bonds is 62. The Kier molecular flexibility index (Phi) is 64.7. The number of allylic oxidation sites excluding steroid dienone is 16. The smallest absolute Gasteiger partial charge is 0.306 e. The Balaban J connectivity index is 4.29. The van der Waals surface area contributed by atoms with Gasteiger partial charge in [0.15, 0.2) is 6.10 Å². The lowest BCUT2D eigenvalue weighted by molar-refractivity contribution is -0.167. The Bertz CT molecular complexity index is 1560. The normalized spacial score (nSPS) is 12.7. The van der Waals surface area contributed by atoms with Gasteiger partial charge in [0, 0.05) is 19.3 Å². The second-order valence-corrected chi connectivity index (χ2v) is 22.7. The second kappa shape index (κ2) is 67.8. The second-order valence-electron chi connectivity index (χ2n) is 22.7. The first-order valence-electron chi connectivity index (χ1n) is 34.2. The molecular weight excluding hydrogens is 985 g/mol. The van der Waals surface area contributed by atoms with Gasteiger partial charge in [0.1, 0.15) is 13.2 Å². The molecule has 0 bridgehead atoms. The number of ether oxygens (including phenoxy) is 3. The summed E-state index contributed by atoms with van der Waals surface area (Å²) in [6.45, 7) is 6.55. The van der Waals surface area contributed by atoms with Crippen LogP contribution in [0.5, 0.6) is 0 Å². The fourth-order valence-electron chi connectivity index (χ4n) is 9.71. The van der Waals surface area contributed by atoms with Crippen LogP contribution in [0.1, 0.15) is 335 Å². The summed E-state index contributed by atoms with van der Waals surface area (Å²) in [7, 11) is 0. The van der Waals surface area contributed by atoms with Gasteiger partial charge in [-0.1, -0.05) is 311 Å². The molecule has 1 atom stereocenters. The highest BCUT2D eigenvalue weighted by Gasteiger charge is 2.19. The summed E-state index contributed by atoms with van der Waals surface area (Å²) < 4.78 is 17.0. The topological polar surface area (TPSA) is 78.9 Å². The lowest BCUT2D eigenvalue weighted by atomic mass is 10.0. The Morgan fingerprint density at radius 1 is 0.263 bits per heavy atom. The number of unbranched alkanes of at least 4 members (excludes halogenated alkanes) is 35. The van der Waals surface area contributed by atoms with Gasteiger partial charge < -0.3 is 14.2 Å². The zero-order chi connectivity index (χ0) is 57.8. The number of carbonyl (C=O) groups is 3. The van der Waals surface area contributed by atoms with Gasteiger partial charge in [-0.15, -0.1) is 0 Å². The minimum atomic E-state index is -0.784. The predicted octanol–water partition coefficient (Wildman–Crippen LogP) is 23.6. The molecule has 0 aliphatic carbocycles. The Morgan fingerprint density at radius 3 is 0.775 bits per heavy atom. The average molecular weight is 1110 g/mol. The summed E-state index contributed by atoms with van der Waals surface area (Å²) in [4.78, 5) is 38.4. The summed E-state index contributed by atoms with van der Waals surface area (Å²) in [6.07, 6.45) is 91.3. The minimum Gasteiger partial charge on any atom is -0.462 e. The molecule has 1 unspecified atom stereocenters. The molecule has 0 N–H and O–H groups in total. The third-order valence-electron chi connectivity index (χ3n) is 14.8. The van der Waals surface area contributed by atoms with E-state index >= 15 is 0 Å². The molecule has 0 saturated carbocycles. The zero-order valence-electron chi connectivity index (χ0n) is 52.8. The van der Waals surface area contributed by atoms with Crippen molar-refractivity contribution in [1.29, 1.82) is 0 Å². The van der Waals surface area contributed by atoms with E-state index in [1.54, 1.807) is 0 Å². The number of hydrogen-bond donors (Lipinski definition) is 0. The van der Waals surface area contributed by atoms with E-state index in [1.807, 2.05) is 0 Å². The van der Waals surface area contributed by atoms with Gasteiger partial charge in [-0.05, 0) is 103 Å². The van der Waals surface area contributed by atoms with Crippen LogP contribution in [0, 0.1) is 0 Å². The van der Waals surface area contributed by atoms with E-state index in [0.29, 0.717) is 19.3 Å². The highest BCUT2D eigenvalue weighted by atomic mass is 16.6. The van der Waals surface area contributed by atoms with E-state index < -0.39 is 6.10 Å². The first-order valence-corrected chi connectivity index (χ1v) is 34.2. The van der Waals surface area contributed by atoms with Gasteiger partial charge in [-0.3, -0.25) is 14.4 Å². The SMILES string of the molecule is CC/C=C\C/C=C\C/C=C\C/C=C\C/C=C\C/C=C\C/C=C\CCCCCCCCCCCC(=O)OCC(COC(=O)CCCCCCCCCCCCCCCCC)OC(=O)CCCCCCC/C=C\CCCCCCCCC. The van der Waals surface area contributed by atoms with E-state index in [2.05, 4.69) is 118 Å². The molecule has 0 aromatic carbocycles. The molecule has 0 fully saturated rings. The van der Waals surface area contributed by atoms with Crippen LogP contribution in [0.15, 0.2) is 97.2 Å². The van der Waals surface area contributed by atoms with Crippen molar-refractivity contribution in [3.05, 3.63) is 97.2 Å². The van der Waals surface area contributed by atoms with Gasteiger partial charge in [0.25, 0.3) is 0 Å². The first kappa shape index (κ1) is 76.3. The van der Waals surface area contributed by atoms with Crippen LogP contribution >= 0.6 is 0 Å². The molecule has 0 rings (SSSR count). The van der Waals surface area contributed by atoms with Crippen molar-refractivity contribution in [3.63, 3.8) is 0 Å². The third kappa shape index (κ3) is 65.1. The van der Waals surface area contributed by atoms with E-state index in [0.717, 1.165) is 122 Å². The van der Waals surface area contributed by atoms with E-state index in [4.69, 9.17) is 14.2 Å². The summed E-state index contributed by atoms with van der Waals surface area (Å²) in [5, 5.41) is 0. The molecule has 80 heavy (non-hydrogen) atoms. The van der Waals surface area contributed by atoms with Gasteiger partial charge in [-0.25, -0.2) is 0 Å². The predicted molar refractivity (Wildman–Crippen MR) is 348 cm³/mol. The molecule has 0 aromatic rings. The Hall–Kier alpha value is -3.67. The quantitative estimate of drug-likeness (QED) is 0.0261. The minimum absolute atomic E-state index is 0.0785. The van der Waals surface area contributed by atoms with Gasteiger partial charge in [0.2, 0.25) is 0 Å². The first-order chi connectivity index (χ1) is 39.5. The molecule has 0 aliphatic heterocycles. The van der Waals surface area contributed by atoms with Crippen molar-refractivity contribution >= 4 is 17.9 Å². The lowest BCUT2D eigenvalue weighted by Gasteiger charge is -2.18. The maximum Gasteiger partial charge on any atom is 0.306 e. The molecule has 6 heteroatoms. The molecule has 0 spiro atoms. The van der Waals surface area contributed by atoms with E-state index in [9.17, 15) is 14.4 Å². The van der Waals surface area contributed by atoms with Gasteiger partial charge in [-0.2, -0.15) is 0 Å². The molecule has 6 nitrogen and oxygen atoms in total. The fraction of sp³-hybridized carbons (Fsp3) is 0.743. The maximum atomic E-state index is 12.9. The molecule has 0 aliphatic rings. The van der Waals surface area contributed by atoms with Crippen LogP contribution in [-0.4, -0.2) is 37.2 Å². The van der Waals surface area contributed by atoms with Crippen LogP contribution in [-0.2, 0) is 28.6 Å². The van der Waals surface area contributed by atoms with Crippen molar-refractivity contribution < 1.29 is 28.6 Å². The van der Waals surface area contributed by atoms with Crippen molar-refractivity contribution in [2.24, 2.45) is 0 Å². The third-order valence-corrected chi connectivity index (χ3v) is 14.8. The zero-order valence-corrected chi connectivity index (χ0v) is 52.8. The summed E-state index contributed by atoms with van der Waals surface area (Å²) in [6, 6.07) is 0. The van der Waals surface area contributed by atoms with Crippen molar-refractivity contribution in [2.45, 2.75) is 341 Å². The van der Waals surface area contributed by atoms with Crippen LogP contribution < -0.4 is 0 Å².